The minimum Gasteiger partial charge on any atom is -0.289 e. The van der Waals surface area contributed by atoms with Crippen LogP contribution in [0.5, 0.6) is 0 Å². The van der Waals surface area contributed by atoms with E-state index in [0.717, 1.165) is 18.8 Å². The molecule has 0 aromatic heterocycles. The quantitative estimate of drug-likeness (QED) is 0.234. The second-order valence-electron chi connectivity index (χ2n) is 6.71. The van der Waals surface area contributed by atoms with E-state index in [1.54, 1.807) is 5.48 Å². The minimum atomic E-state index is -0.261. The van der Waals surface area contributed by atoms with Crippen molar-refractivity contribution in [2.24, 2.45) is 5.92 Å². The molecule has 0 radical (unpaired) electrons. The van der Waals surface area contributed by atoms with Gasteiger partial charge in [-0.25, -0.2) is 5.48 Å². The molecule has 1 amide bonds. The monoisotopic (exact) mass is 299 g/mol. The van der Waals surface area contributed by atoms with Crippen LogP contribution in [0.2, 0.25) is 0 Å². The number of nitrogens with one attached hydrogen (secondary N) is 1. The maximum atomic E-state index is 10.8. The van der Waals surface area contributed by atoms with Crippen LogP contribution in [-0.4, -0.2) is 11.1 Å². The van der Waals surface area contributed by atoms with Crippen LogP contribution in [-0.2, 0) is 4.79 Å². The molecule has 0 saturated carbocycles. The number of hydrogen-bond donors (Lipinski definition) is 2. The van der Waals surface area contributed by atoms with Crippen molar-refractivity contribution in [3.63, 3.8) is 0 Å². The molecule has 0 aliphatic heterocycles. The molecule has 0 saturated heterocycles. The molecule has 0 spiro atoms. The van der Waals surface area contributed by atoms with Crippen molar-refractivity contribution >= 4 is 5.91 Å². The van der Waals surface area contributed by atoms with Crippen molar-refractivity contribution < 1.29 is 10.0 Å². The Bertz CT molecular complexity index is 229. The molecule has 0 aliphatic rings. The molecule has 0 rings (SSSR count). The zero-order valence-electron chi connectivity index (χ0n) is 14.3. The lowest BCUT2D eigenvalue weighted by Crippen LogP contribution is -2.17. The Hall–Kier alpha value is -0.570. The van der Waals surface area contributed by atoms with Gasteiger partial charge in [-0.2, -0.15) is 0 Å². The van der Waals surface area contributed by atoms with E-state index in [0.29, 0.717) is 6.42 Å². The second-order valence-corrected chi connectivity index (χ2v) is 6.71. The zero-order valence-corrected chi connectivity index (χ0v) is 14.3. The van der Waals surface area contributed by atoms with Gasteiger partial charge >= 0.3 is 0 Å². The number of carbonyl (C=O) groups excluding carboxylic acids is 1. The molecule has 0 bridgehead atoms. The van der Waals surface area contributed by atoms with E-state index in [-0.39, 0.29) is 5.91 Å². The van der Waals surface area contributed by atoms with Gasteiger partial charge in [0.1, 0.15) is 0 Å². The fraction of sp³-hybridized carbons (Fsp3) is 0.944. The largest absolute Gasteiger partial charge is 0.289 e. The van der Waals surface area contributed by atoms with Gasteiger partial charge in [0.2, 0.25) is 5.91 Å². The summed E-state index contributed by atoms with van der Waals surface area (Å²) >= 11 is 0. The highest BCUT2D eigenvalue weighted by Gasteiger charge is 1.98. The lowest BCUT2D eigenvalue weighted by Gasteiger charge is -2.04. The summed E-state index contributed by atoms with van der Waals surface area (Å²) in [4.78, 5) is 10.8. The lowest BCUT2D eigenvalue weighted by molar-refractivity contribution is -0.129. The Balaban J connectivity index is 3.01. The zero-order chi connectivity index (χ0) is 15.8. The van der Waals surface area contributed by atoms with E-state index in [1.165, 1.54) is 70.6 Å². The molecule has 3 heteroatoms. The second kappa shape index (κ2) is 15.8. The van der Waals surface area contributed by atoms with Crippen molar-refractivity contribution in [2.75, 3.05) is 0 Å². The summed E-state index contributed by atoms with van der Waals surface area (Å²) in [5.41, 5.74) is 1.67. The number of rotatable bonds is 15. The van der Waals surface area contributed by atoms with Gasteiger partial charge < -0.3 is 0 Å². The minimum absolute atomic E-state index is 0.261. The Morgan fingerprint density at radius 2 is 1.14 bits per heavy atom. The first kappa shape index (κ1) is 20.4. The van der Waals surface area contributed by atoms with Crippen LogP contribution in [0.4, 0.5) is 0 Å². The molecule has 2 N–H and O–H groups in total. The van der Waals surface area contributed by atoms with Gasteiger partial charge in [-0.1, -0.05) is 90.9 Å². The Morgan fingerprint density at radius 3 is 1.52 bits per heavy atom. The number of amides is 1. The summed E-state index contributed by atoms with van der Waals surface area (Å²) in [7, 11) is 0. The Labute approximate surface area is 131 Å². The van der Waals surface area contributed by atoms with Crippen LogP contribution in [0.25, 0.3) is 0 Å². The average Bonchev–Trinajstić information content (AvgIpc) is 2.46. The number of hydroxylamine groups is 1. The van der Waals surface area contributed by atoms with E-state index in [4.69, 9.17) is 5.21 Å². The number of carbonyl (C=O) groups is 1. The average molecular weight is 299 g/mol. The molecule has 0 aliphatic carbocycles. The molecular weight excluding hydrogens is 262 g/mol. The van der Waals surface area contributed by atoms with Gasteiger partial charge in [0.05, 0.1) is 0 Å². The maximum Gasteiger partial charge on any atom is 0.243 e. The summed E-state index contributed by atoms with van der Waals surface area (Å²) in [6.07, 6.45) is 17.5. The third-order valence-electron chi connectivity index (χ3n) is 4.06. The van der Waals surface area contributed by atoms with Crippen molar-refractivity contribution in [1.82, 2.24) is 5.48 Å². The van der Waals surface area contributed by atoms with E-state index in [9.17, 15) is 4.79 Å². The number of unbranched alkanes of at least 4 members (excludes halogenated alkanes) is 11. The summed E-state index contributed by atoms with van der Waals surface area (Å²) in [5, 5.41) is 8.35. The summed E-state index contributed by atoms with van der Waals surface area (Å²) in [6, 6.07) is 0. The molecule has 0 unspecified atom stereocenters. The molecule has 0 aromatic carbocycles. The smallest absolute Gasteiger partial charge is 0.243 e. The van der Waals surface area contributed by atoms with Crippen LogP contribution in [0.3, 0.4) is 0 Å². The van der Waals surface area contributed by atoms with Gasteiger partial charge in [-0.15, -0.1) is 0 Å². The molecule has 0 fully saturated rings. The van der Waals surface area contributed by atoms with E-state index < -0.39 is 0 Å². The Morgan fingerprint density at radius 1 is 0.762 bits per heavy atom. The number of hydrogen-bond acceptors (Lipinski definition) is 2. The SMILES string of the molecule is CC(C)CCCCCCCCCCCCCCC(=O)NO. The van der Waals surface area contributed by atoms with Crippen LogP contribution in [0.15, 0.2) is 0 Å². The van der Waals surface area contributed by atoms with E-state index >= 15 is 0 Å². The van der Waals surface area contributed by atoms with Gasteiger partial charge in [0, 0.05) is 6.42 Å². The van der Waals surface area contributed by atoms with Crippen LogP contribution in [0, 0.1) is 5.92 Å². The highest BCUT2D eigenvalue weighted by Crippen LogP contribution is 2.14. The predicted octanol–water partition coefficient (Wildman–Crippen LogP) is 5.61. The highest BCUT2D eigenvalue weighted by atomic mass is 16.5. The lowest BCUT2D eigenvalue weighted by atomic mass is 10.0. The third kappa shape index (κ3) is 17.4. The summed E-state index contributed by atoms with van der Waals surface area (Å²) in [6.45, 7) is 4.61. The van der Waals surface area contributed by atoms with Crippen LogP contribution >= 0.6 is 0 Å². The summed E-state index contributed by atoms with van der Waals surface area (Å²) < 4.78 is 0. The first-order valence-corrected chi connectivity index (χ1v) is 9.09. The van der Waals surface area contributed by atoms with Crippen LogP contribution < -0.4 is 5.48 Å². The standard InChI is InChI=1S/C18H37NO2/c1-17(2)15-13-11-9-7-5-3-4-6-8-10-12-14-16-18(20)19-21/h17,21H,3-16H2,1-2H3,(H,19,20). The molecular formula is C18H37NO2. The van der Waals surface area contributed by atoms with Gasteiger partial charge in [-0.3, -0.25) is 10.0 Å². The molecule has 0 atom stereocenters. The van der Waals surface area contributed by atoms with Crippen LogP contribution in [0.1, 0.15) is 104 Å². The first-order chi connectivity index (χ1) is 10.2. The molecule has 0 heterocycles. The van der Waals surface area contributed by atoms with Crippen molar-refractivity contribution in [3.05, 3.63) is 0 Å². The molecule has 0 aromatic rings. The Kier molecular flexibility index (Phi) is 15.4. The highest BCUT2D eigenvalue weighted by molar-refractivity contribution is 5.74. The maximum absolute atomic E-state index is 10.8. The normalized spacial score (nSPS) is 11.0. The third-order valence-corrected chi connectivity index (χ3v) is 4.06. The topological polar surface area (TPSA) is 49.3 Å². The molecule has 3 nitrogen and oxygen atoms in total. The fourth-order valence-electron chi connectivity index (χ4n) is 2.66. The first-order valence-electron chi connectivity index (χ1n) is 9.09. The van der Waals surface area contributed by atoms with Crippen molar-refractivity contribution in [1.29, 1.82) is 0 Å². The fourth-order valence-corrected chi connectivity index (χ4v) is 2.66. The summed E-state index contributed by atoms with van der Waals surface area (Å²) in [5.74, 6) is 0.603. The predicted molar refractivity (Wildman–Crippen MR) is 89.4 cm³/mol. The van der Waals surface area contributed by atoms with E-state index in [1.807, 2.05) is 0 Å². The van der Waals surface area contributed by atoms with Crippen molar-refractivity contribution in [3.8, 4) is 0 Å². The molecule has 21 heavy (non-hydrogen) atoms. The van der Waals surface area contributed by atoms with E-state index in [2.05, 4.69) is 13.8 Å². The van der Waals surface area contributed by atoms with Crippen molar-refractivity contribution in [2.45, 2.75) is 104 Å². The molecule has 126 valence electrons. The van der Waals surface area contributed by atoms with Gasteiger partial charge in [0.15, 0.2) is 0 Å². The van der Waals surface area contributed by atoms with Gasteiger partial charge in [0.25, 0.3) is 0 Å². The van der Waals surface area contributed by atoms with Gasteiger partial charge in [-0.05, 0) is 12.3 Å².